The van der Waals surface area contributed by atoms with Gasteiger partial charge < -0.3 is 9.80 Å². The molecule has 0 aromatic carbocycles. The molecule has 0 aliphatic heterocycles. The van der Waals surface area contributed by atoms with Crippen molar-refractivity contribution in [2.45, 2.75) is 79.1 Å². The highest BCUT2D eigenvalue weighted by Gasteiger charge is 2.25. The molecule has 0 atom stereocenters. The van der Waals surface area contributed by atoms with Gasteiger partial charge in [-0.2, -0.15) is 0 Å². The first kappa shape index (κ1) is 25.3. The van der Waals surface area contributed by atoms with Gasteiger partial charge in [-0.3, -0.25) is 9.59 Å². The zero-order valence-corrected chi connectivity index (χ0v) is 18.5. The molecule has 0 bridgehead atoms. The Hall–Kier alpha value is -0.740. The highest BCUT2D eigenvalue weighted by Crippen LogP contribution is 2.21. The van der Waals surface area contributed by atoms with Crippen molar-refractivity contribution in [3.63, 3.8) is 0 Å². The summed E-state index contributed by atoms with van der Waals surface area (Å²) in [5, 5.41) is -0.302. The molecule has 0 aromatic heterocycles. The van der Waals surface area contributed by atoms with Crippen molar-refractivity contribution in [1.29, 1.82) is 0 Å². The number of hydrogen-bond acceptors (Lipinski definition) is 2. The van der Waals surface area contributed by atoms with Gasteiger partial charge in [0, 0.05) is 26.2 Å². The lowest BCUT2D eigenvalue weighted by Crippen LogP contribution is -2.36. The van der Waals surface area contributed by atoms with Crippen LogP contribution in [-0.2, 0) is 9.59 Å². The highest BCUT2D eigenvalue weighted by molar-refractivity contribution is 6.53. The molecule has 0 rings (SSSR count). The fourth-order valence-electron chi connectivity index (χ4n) is 2.49. The number of nitrogens with zero attached hydrogens (tertiary/aromatic N) is 2. The van der Waals surface area contributed by atoms with Gasteiger partial charge in [0.15, 0.2) is 0 Å². The van der Waals surface area contributed by atoms with Crippen LogP contribution in [0, 0.1) is 0 Å². The third-order valence-corrected chi connectivity index (χ3v) is 5.07. The summed E-state index contributed by atoms with van der Waals surface area (Å²) in [7, 11) is 0. The molecule has 0 aliphatic rings. The van der Waals surface area contributed by atoms with Gasteiger partial charge in [-0.25, -0.2) is 0 Å². The van der Waals surface area contributed by atoms with Gasteiger partial charge in [-0.15, -0.1) is 0 Å². The quantitative estimate of drug-likeness (QED) is 0.355. The van der Waals surface area contributed by atoms with Crippen molar-refractivity contribution in [2.75, 3.05) is 26.2 Å². The topological polar surface area (TPSA) is 40.6 Å². The summed E-state index contributed by atoms with van der Waals surface area (Å²) in [6.07, 6.45) is 7.60. The molecule has 0 N–H and O–H groups in total. The third-order valence-electron chi connectivity index (χ3n) is 4.27. The lowest BCUT2D eigenvalue weighted by Gasteiger charge is -2.24. The summed E-state index contributed by atoms with van der Waals surface area (Å²) < 4.78 is 0. The second kappa shape index (κ2) is 15.3. The van der Waals surface area contributed by atoms with E-state index in [0.29, 0.717) is 26.2 Å². The van der Waals surface area contributed by atoms with Crippen molar-refractivity contribution >= 4 is 35.0 Å². The lowest BCUT2D eigenvalue weighted by molar-refractivity contribution is -0.129. The van der Waals surface area contributed by atoms with Gasteiger partial charge in [0.05, 0.1) is 0 Å². The van der Waals surface area contributed by atoms with Crippen molar-refractivity contribution in [3.8, 4) is 0 Å². The second-order valence-electron chi connectivity index (χ2n) is 6.63. The number of carbonyl (C=O) groups is 2. The summed E-state index contributed by atoms with van der Waals surface area (Å²) >= 11 is 12.5. The van der Waals surface area contributed by atoms with E-state index in [1.807, 2.05) is 0 Å². The molecule has 0 aliphatic carbocycles. The summed E-state index contributed by atoms with van der Waals surface area (Å²) in [5.41, 5.74) is 0. The molecule has 6 heteroatoms. The second-order valence-corrected chi connectivity index (χ2v) is 7.38. The summed E-state index contributed by atoms with van der Waals surface area (Å²) in [4.78, 5) is 28.9. The Kier molecular flexibility index (Phi) is 14.9. The van der Waals surface area contributed by atoms with E-state index < -0.39 is 0 Å². The van der Waals surface area contributed by atoms with Gasteiger partial charge in [-0.05, 0) is 25.7 Å². The van der Waals surface area contributed by atoms with Crippen LogP contribution in [0.25, 0.3) is 0 Å². The van der Waals surface area contributed by atoms with Crippen LogP contribution in [0.1, 0.15) is 79.1 Å². The number of hydrogen-bond donors (Lipinski definition) is 0. The molecule has 26 heavy (non-hydrogen) atoms. The number of halogens is 2. The molecule has 152 valence electrons. The monoisotopic (exact) mass is 406 g/mol. The molecule has 0 saturated carbocycles. The lowest BCUT2D eigenvalue weighted by atomic mass is 10.2. The van der Waals surface area contributed by atoms with Gasteiger partial charge >= 0.3 is 0 Å². The number of carbonyl (C=O) groups excluding carboxylic acids is 2. The average molecular weight is 407 g/mol. The maximum Gasteiger partial charge on any atom is 0.267 e. The third kappa shape index (κ3) is 9.27. The fourth-order valence-corrected chi connectivity index (χ4v) is 2.89. The van der Waals surface area contributed by atoms with Crippen LogP contribution in [0.15, 0.2) is 10.1 Å². The molecular weight excluding hydrogens is 371 g/mol. The number of unbranched alkanes of at least 4 members (excludes halogenated alkanes) is 4. The van der Waals surface area contributed by atoms with Crippen molar-refractivity contribution in [1.82, 2.24) is 9.80 Å². The summed E-state index contributed by atoms with van der Waals surface area (Å²) in [6, 6.07) is 0. The molecular formula is C20H36Cl2N2O2. The van der Waals surface area contributed by atoms with Crippen LogP contribution in [0.4, 0.5) is 0 Å². The number of rotatable bonds is 14. The van der Waals surface area contributed by atoms with Crippen molar-refractivity contribution in [3.05, 3.63) is 10.1 Å². The Balaban J connectivity index is 5.27. The molecule has 2 amide bonds. The van der Waals surface area contributed by atoms with Crippen molar-refractivity contribution in [2.24, 2.45) is 0 Å². The Bertz CT molecular complexity index is 397. The predicted molar refractivity (Wildman–Crippen MR) is 112 cm³/mol. The fraction of sp³-hybridized carbons (Fsp3) is 0.800. The van der Waals surface area contributed by atoms with Crippen LogP contribution in [0.2, 0.25) is 0 Å². The molecule has 0 heterocycles. The van der Waals surface area contributed by atoms with Gasteiger partial charge in [0.1, 0.15) is 10.1 Å². The minimum atomic E-state index is -0.335. The van der Waals surface area contributed by atoms with Crippen LogP contribution < -0.4 is 0 Å². The van der Waals surface area contributed by atoms with Gasteiger partial charge in [0.2, 0.25) is 0 Å². The minimum Gasteiger partial charge on any atom is -0.338 e. The predicted octanol–water partition coefficient (Wildman–Crippen LogP) is 5.53. The van der Waals surface area contributed by atoms with Crippen molar-refractivity contribution < 1.29 is 9.59 Å². The van der Waals surface area contributed by atoms with E-state index in [4.69, 9.17) is 23.2 Å². The maximum atomic E-state index is 12.7. The molecule has 0 fully saturated rings. The molecule has 0 saturated heterocycles. The zero-order chi connectivity index (χ0) is 19.9. The van der Waals surface area contributed by atoms with Crippen LogP contribution in [0.5, 0.6) is 0 Å². The minimum absolute atomic E-state index is 0.151. The van der Waals surface area contributed by atoms with Gasteiger partial charge in [-0.1, -0.05) is 76.6 Å². The smallest absolute Gasteiger partial charge is 0.267 e. The van der Waals surface area contributed by atoms with Crippen LogP contribution in [0.3, 0.4) is 0 Å². The van der Waals surface area contributed by atoms with E-state index in [1.165, 1.54) is 0 Å². The highest BCUT2D eigenvalue weighted by atomic mass is 35.5. The van der Waals surface area contributed by atoms with Crippen LogP contribution >= 0.6 is 23.2 Å². The molecule has 0 spiro atoms. The van der Waals surface area contributed by atoms with E-state index in [0.717, 1.165) is 51.4 Å². The van der Waals surface area contributed by atoms with Gasteiger partial charge in [0.25, 0.3) is 11.8 Å². The van der Waals surface area contributed by atoms with E-state index in [1.54, 1.807) is 9.80 Å². The maximum absolute atomic E-state index is 12.7. The van der Waals surface area contributed by atoms with E-state index >= 15 is 0 Å². The Morgan fingerprint density at radius 3 is 1.00 bits per heavy atom. The molecule has 0 unspecified atom stereocenters. The first-order chi connectivity index (χ1) is 12.4. The first-order valence-corrected chi connectivity index (χ1v) is 10.8. The number of amides is 2. The van der Waals surface area contributed by atoms with Crippen LogP contribution in [-0.4, -0.2) is 47.8 Å². The summed E-state index contributed by atoms with van der Waals surface area (Å²) in [6.45, 7) is 10.9. The molecule has 4 nitrogen and oxygen atoms in total. The average Bonchev–Trinajstić information content (AvgIpc) is 2.66. The molecule has 0 aromatic rings. The SMILES string of the molecule is CCCCN(CCCC)C(=O)/C(Cl)=C(/Cl)C(=O)N(CCCC)CCCC. The first-order valence-electron chi connectivity index (χ1n) is 10.1. The molecule has 0 radical (unpaired) electrons. The Morgan fingerprint density at radius 1 is 0.577 bits per heavy atom. The zero-order valence-electron chi connectivity index (χ0n) is 17.0. The Labute approximate surface area is 169 Å². The van der Waals surface area contributed by atoms with E-state index in [9.17, 15) is 9.59 Å². The summed E-state index contributed by atoms with van der Waals surface area (Å²) in [5.74, 6) is -0.671. The van der Waals surface area contributed by atoms with E-state index in [-0.39, 0.29) is 21.9 Å². The standard InChI is InChI=1S/C20H36Cl2N2O2/c1-5-9-13-23(14-10-6-2)19(25)17(21)18(22)20(26)24(15-11-7-3)16-12-8-4/h5-16H2,1-4H3/b18-17-. The normalized spacial score (nSPS) is 11.9. The van der Waals surface area contributed by atoms with E-state index in [2.05, 4.69) is 27.7 Å². The largest absolute Gasteiger partial charge is 0.338 e. The Morgan fingerprint density at radius 2 is 0.808 bits per heavy atom.